The topological polar surface area (TPSA) is 160 Å². The van der Waals surface area contributed by atoms with Gasteiger partial charge in [0.15, 0.2) is 0 Å². The molecular weight excluding hydrogens is 1100 g/mol. The molecule has 0 spiro atoms. The van der Waals surface area contributed by atoms with Gasteiger partial charge in [0.1, 0.15) is 29.7 Å². The SMILES string of the molecule is CCCCCCCCCCCC(=O)CN(CCN(CC)C(=O)CCN(C)CCNC(=O)OCCN(C)CCC(=O)N(CC)CCN(CC(=O)CCCCCCCCCCC)CC(=O)CCCCCCCCCCC)CC(=O)CCCCCCCCCCC. The van der Waals surface area contributed by atoms with Crippen molar-refractivity contribution in [1.82, 2.24) is 34.7 Å². The lowest BCUT2D eigenvalue weighted by Crippen LogP contribution is -2.43. The Kier molecular flexibility index (Phi) is 60.2. The van der Waals surface area contributed by atoms with Crippen LogP contribution in [0.1, 0.15) is 311 Å². The number of ketones is 4. The van der Waals surface area contributed by atoms with E-state index in [4.69, 9.17) is 4.74 Å². The highest BCUT2D eigenvalue weighted by molar-refractivity contribution is 5.84. The van der Waals surface area contributed by atoms with E-state index < -0.39 is 6.09 Å². The summed E-state index contributed by atoms with van der Waals surface area (Å²) in [6, 6.07) is 0. The fourth-order valence-corrected chi connectivity index (χ4v) is 11.5. The van der Waals surface area contributed by atoms with Crippen LogP contribution in [0.25, 0.3) is 0 Å². The first-order valence-electron chi connectivity index (χ1n) is 37.1. The van der Waals surface area contributed by atoms with Crippen LogP contribution in [0.4, 0.5) is 4.79 Å². The molecular formula is C73H141N7O8. The van der Waals surface area contributed by atoms with E-state index >= 15 is 0 Å². The van der Waals surface area contributed by atoms with Gasteiger partial charge < -0.3 is 29.7 Å². The number of nitrogens with one attached hydrogen (secondary N) is 1. The maximum atomic E-state index is 13.5. The molecule has 0 radical (unpaired) electrons. The standard InChI is InChI=1S/C73H141N7O8/c1-9-15-19-23-27-31-35-39-43-47-67(81)63-77(64-68(82)48-44-40-36-32-28-24-20-16-10-2)57-59-79(13-5)71(85)51-54-75(7)56-53-74-73(87)88-62-61-76(8)55-52-72(86)80(14-6)60-58-78(65-69(83)49-45-41-37-33-29-25-21-17-11-3)66-70(84)50-46-42-38-34-30-26-22-18-12-4/h9-66H2,1-8H3,(H,74,87). The molecule has 0 atom stereocenters. The van der Waals surface area contributed by atoms with Crippen LogP contribution >= 0.6 is 0 Å². The van der Waals surface area contributed by atoms with E-state index in [0.717, 1.165) is 77.0 Å². The maximum absolute atomic E-state index is 13.5. The van der Waals surface area contributed by atoms with Crippen molar-refractivity contribution >= 4 is 41.0 Å². The number of rotatable bonds is 68. The molecule has 0 aliphatic rings. The van der Waals surface area contributed by atoms with E-state index in [1.165, 1.54) is 154 Å². The molecule has 15 nitrogen and oxygen atoms in total. The number of carbonyl (C=O) groups is 7. The second-order valence-electron chi connectivity index (χ2n) is 26.0. The number of nitrogens with zero attached hydrogens (tertiary/aromatic N) is 6. The van der Waals surface area contributed by atoms with E-state index in [0.29, 0.717) is 111 Å². The Morgan fingerprint density at radius 2 is 0.557 bits per heavy atom. The van der Waals surface area contributed by atoms with Crippen molar-refractivity contribution in [3.8, 4) is 0 Å². The maximum Gasteiger partial charge on any atom is 0.407 e. The Morgan fingerprint density at radius 1 is 0.295 bits per heavy atom. The summed E-state index contributed by atoms with van der Waals surface area (Å²) >= 11 is 0. The molecule has 0 aromatic rings. The Bertz CT molecular complexity index is 1510. The van der Waals surface area contributed by atoms with Crippen molar-refractivity contribution in [1.29, 1.82) is 0 Å². The summed E-state index contributed by atoms with van der Waals surface area (Å²) in [7, 11) is 3.82. The predicted octanol–water partition coefficient (Wildman–Crippen LogP) is 15.6. The number of amides is 3. The Morgan fingerprint density at radius 3 is 0.830 bits per heavy atom. The van der Waals surface area contributed by atoms with Gasteiger partial charge in [-0.1, -0.05) is 233 Å². The van der Waals surface area contributed by atoms with Crippen molar-refractivity contribution < 1.29 is 38.3 Å². The molecule has 0 aromatic heterocycles. The van der Waals surface area contributed by atoms with Crippen molar-refractivity contribution in [3.05, 3.63) is 0 Å². The molecule has 0 aliphatic carbocycles. The van der Waals surface area contributed by atoms with Crippen LogP contribution in [-0.2, 0) is 33.5 Å². The van der Waals surface area contributed by atoms with E-state index in [-0.39, 0.29) is 67.7 Å². The molecule has 1 N–H and O–H groups in total. The first kappa shape index (κ1) is 84.7. The van der Waals surface area contributed by atoms with Gasteiger partial charge in [-0.25, -0.2) is 4.79 Å². The Hall–Kier alpha value is -3.27. The van der Waals surface area contributed by atoms with E-state index in [1.807, 2.05) is 57.3 Å². The van der Waals surface area contributed by atoms with Crippen LogP contribution in [0.3, 0.4) is 0 Å². The monoisotopic (exact) mass is 1240 g/mol. The Labute approximate surface area is 541 Å². The smallest absolute Gasteiger partial charge is 0.407 e. The van der Waals surface area contributed by atoms with Crippen LogP contribution in [0.5, 0.6) is 0 Å². The van der Waals surface area contributed by atoms with Crippen molar-refractivity contribution in [2.45, 2.75) is 311 Å². The second-order valence-corrected chi connectivity index (χ2v) is 26.0. The second kappa shape index (κ2) is 62.5. The lowest BCUT2D eigenvalue weighted by atomic mass is 10.0. The molecule has 0 unspecified atom stereocenters. The van der Waals surface area contributed by atoms with Crippen LogP contribution < -0.4 is 5.32 Å². The summed E-state index contributed by atoms with van der Waals surface area (Å²) < 4.78 is 5.47. The number of ether oxygens (including phenoxy) is 1. The molecule has 0 bridgehead atoms. The largest absolute Gasteiger partial charge is 0.448 e. The summed E-state index contributed by atoms with van der Waals surface area (Å²) in [5.41, 5.74) is 0. The normalized spacial score (nSPS) is 11.6. The fraction of sp³-hybridized carbons (Fsp3) is 0.904. The lowest BCUT2D eigenvalue weighted by molar-refractivity contribution is -0.132. The molecule has 0 aromatic carbocycles. The molecule has 516 valence electrons. The van der Waals surface area contributed by atoms with Crippen molar-refractivity contribution in [2.24, 2.45) is 0 Å². The van der Waals surface area contributed by atoms with Gasteiger partial charge in [0, 0.05) is 111 Å². The average Bonchev–Trinajstić information content (AvgIpc) is 3.57. The zero-order valence-corrected chi connectivity index (χ0v) is 59.0. The number of carbonyl (C=O) groups excluding carboxylic acids is 7. The van der Waals surface area contributed by atoms with Gasteiger partial charge in [0.2, 0.25) is 11.8 Å². The highest BCUT2D eigenvalue weighted by Crippen LogP contribution is 2.16. The summed E-state index contributed by atoms with van der Waals surface area (Å²) in [4.78, 5) is 104. The molecule has 0 fully saturated rings. The molecule has 15 heteroatoms. The molecule has 0 saturated heterocycles. The van der Waals surface area contributed by atoms with Gasteiger partial charge in [-0.05, 0) is 53.6 Å². The molecule has 3 amide bonds. The van der Waals surface area contributed by atoms with Crippen molar-refractivity contribution in [2.75, 3.05) is 119 Å². The third kappa shape index (κ3) is 54.5. The predicted molar refractivity (Wildman–Crippen MR) is 368 cm³/mol. The number of likely N-dealkylation sites (N-methyl/N-ethyl adjacent to an activating group) is 4. The summed E-state index contributed by atoms with van der Waals surface area (Å²) in [6.45, 7) is 19.3. The number of hydrogen-bond donors (Lipinski definition) is 1. The minimum Gasteiger partial charge on any atom is -0.448 e. The van der Waals surface area contributed by atoms with E-state index in [1.54, 1.807) is 0 Å². The number of Topliss-reactive ketones (excluding diaryl/α,β-unsaturated/α-hetero) is 4. The van der Waals surface area contributed by atoms with Gasteiger partial charge in [0.05, 0.1) is 26.2 Å². The van der Waals surface area contributed by atoms with Crippen LogP contribution in [-0.4, -0.2) is 189 Å². The van der Waals surface area contributed by atoms with Gasteiger partial charge in [-0.15, -0.1) is 0 Å². The van der Waals surface area contributed by atoms with Crippen LogP contribution in [0.15, 0.2) is 0 Å². The van der Waals surface area contributed by atoms with Gasteiger partial charge in [-0.2, -0.15) is 0 Å². The highest BCUT2D eigenvalue weighted by Gasteiger charge is 2.21. The third-order valence-corrected chi connectivity index (χ3v) is 17.6. The first-order chi connectivity index (χ1) is 42.7. The molecule has 0 saturated carbocycles. The zero-order valence-electron chi connectivity index (χ0n) is 59.0. The Balaban J connectivity index is 4.96. The minimum atomic E-state index is -0.519. The van der Waals surface area contributed by atoms with Gasteiger partial charge in [-0.3, -0.25) is 38.6 Å². The van der Waals surface area contributed by atoms with Gasteiger partial charge in [0.25, 0.3) is 0 Å². The summed E-state index contributed by atoms with van der Waals surface area (Å²) in [6.07, 6.45) is 45.3. The van der Waals surface area contributed by atoms with Crippen LogP contribution in [0.2, 0.25) is 0 Å². The summed E-state index contributed by atoms with van der Waals surface area (Å²) in [5.74, 6) is 0.729. The highest BCUT2D eigenvalue weighted by atomic mass is 16.5. The molecule has 88 heavy (non-hydrogen) atoms. The van der Waals surface area contributed by atoms with Gasteiger partial charge >= 0.3 is 6.09 Å². The minimum absolute atomic E-state index is 0.0142. The molecule has 0 rings (SSSR count). The quantitative estimate of drug-likeness (QED) is 0.0575. The van der Waals surface area contributed by atoms with Crippen LogP contribution in [0, 0.1) is 0 Å². The van der Waals surface area contributed by atoms with Crippen molar-refractivity contribution in [3.63, 3.8) is 0 Å². The number of hydrogen-bond acceptors (Lipinski definition) is 12. The van der Waals surface area contributed by atoms with E-state index in [9.17, 15) is 33.6 Å². The lowest BCUT2D eigenvalue weighted by Gasteiger charge is -2.27. The fourth-order valence-electron chi connectivity index (χ4n) is 11.5. The third-order valence-electron chi connectivity index (χ3n) is 17.6. The van der Waals surface area contributed by atoms with E-state index in [2.05, 4.69) is 33.0 Å². The number of unbranched alkanes of at least 4 members (excludes halogenated alkanes) is 32. The summed E-state index contributed by atoms with van der Waals surface area (Å²) in [5, 5.41) is 2.82. The molecule has 0 heterocycles. The average molecular weight is 1240 g/mol. The number of alkyl carbamates (subject to hydrolysis) is 1. The molecule has 0 aliphatic heterocycles. The first-order valence-corrected chi connectivity index (χ1v) is 37.1. The zero-order chi connectivity index (χ0) is 64.9.